The van der Waals surface area contributed by atoms with Gasteiger partial charge in [0, 0.05) is 10.0 Å². The molecule has 1 amide bonds. The number of furan rings is 1. The molecule has 3 N–H and O–H groups in total. The highest BCUT2D eigenvalue weighted by Crippen LogP contribution is 2.20. The molecule has 0 saturated heterocycles. The van der Waals surface area contributed by atoms with Crippen molar-refractivity contribution in [3.63, 3.8) is 0 Å². The van der Waals surface area contributed by atoms with E-state index in [2.05, 4.69) is 21.2 Å². The van der Waals surface area contributed by atoms with Gasteiger partial charge in [0.15, 0.2) is 18.3 Å². The van der Waals surface area contributed by atoms with Crippen LogP contribution in [-0.4, -0.2) is 12.5 Å². The lowest BCUT2D eigenvalue weighted by Gasteiger charge is -2.14. The summed E-state index contributed by atoms with van der Waals surface area (Å²) in [7, 11) is 0. The standard InChI is InChI=1S/C19H16BrFN2O2/c20-14-8-9-16(15(21)11-14)23-18(24)12-22-19(17-7-4-10-25-17)13-5-2-1-3-6-13/h1-11,19,22H,12H2,(H,23,24)/p+1/t19-/m1/s1. The van der Waals surface area contributed by atoms with Crippen LogP contribution in [0.15, 0.2) is 75.8 Å². The Morgan fingerprint density at radius 1 is 1.16 bits per heavy atom. The number of hydrogen-bond donors (Lipinski definition) is 2. The van der Waals surface area contributed by atoms with Crippen LogP contribution in [0.5, 0.6) is 0 Å². The summed E-state index contributed by atoms with van der Waals surface area (Å²) in [6.45, 7) is 0.135. The fourth-order valence-corrected chi connectivity index (χ4v) is 2.90. The van der Waals surface area contributed by atoms with E-state index in [1.54, 1.807) is 12.3 Å². The second-order valence-corrected chi connectivity index (χ2v) is 6.43. The van der Waals surface area contributed by atoms with Crippen LogP contribution in [-0.2, 0) is 4.79 Å². The molecule has 0 radical (unpaired) electrons. The van der Waals surface area contributed by atoms with Crippen molar-refractivity contribution < 1.29 is 18.9 Å². The smallest absolute Gasteiger partial charge is 0.279 e. The van der Waals surface area contributed by atoms with Crippen molar-refractivity contribution in [1.82, 2.24) is 0 Å². The molecule has 3 aromatic rings. The first-order valence-corrected chi connectivity index (χ1v) is 8.59. The zero-order valence-corrected chi connectivity index (χ0v) is 14.9. The fraction of sp³-hybridized carbons (Fsp3) is 0.105. The zero-order valence-electron chi connectivity index (χ0n) is 13.3. The number of nitrogens with two attached hydrogens (primary N) is 1. The Kier molecular flexibility index (Phi) is 5.63. The van der Waals surface area contributed by atoms with Gasteiger partial charge in [-0.3, -0.25) is 4.79 Å². The van der Waals surface area contributed by atoms with E-state index >= 15 is 0 Å². The minimum Gasteiger partial charge on any atom is -0.463 e. The molecule has 6 heteroatoms. The molecule has 1 aromatic heterocycles. The number of carbonyl (C=O) groups excluding carboxylic acids is 1. The SMILES string of the molecule is O=C(C[NH2+][C@H](c1ccccc1)c1ccco1)Nc1ccc(Br)cc1F. The third-order valence-corrected chi connectivity index (χ3v) is 4.25. The molecule has 3 rings (SSSR count). The Hall–Kier alpha value is -2.44. The number of anilines is 1. The molecule has 1 heterocycles. The first-order valence-electron chi connectivity index (χ1n) is 7.80. The number of carbonyl (C=O) groups is 1. The van der Waals surface area contributed by atoms with Gasteiger partial charge in [0.05, 0.1) is 12.0 Å². The largest absolute Gasteiger partial charge is 0.463 e. The summed E-state index contributed by atoms with van der Waals surface area (Å²) in [6.07, 6.45) is 1.61. The Labute approximate surface area is 153 Å². The molecule has 1 atom stereocenters. The average Bonchev–Trinajstić information content (AvgIpc) is 3.13. The van der Waals surface area contributed by atoms with Gasteiger partial charge in [0.1, 0.15) is 5.82 Å². The number of halogens is 2. The van der Waals surface area contributed by atoms with Gasteiger partial charge in [-0.25, -0.2) is 4.39 Å². The van der Waals surface area contributed by atoms with E-state index in [0.717, 1.165) is 11.3 Å². The van der Waals surface area contributed by atoms with Gasteiger partial charge < -0.3 is 15.1 Å². The number of amides is 1. The van der Waals surface area contributed by atoms with Crippen LogP contribution in [0.2, 0.25) is 0 Å². The summed E-state index contributed by atoms with van der Waals surface area (Å²) < 4.78 is 20.0. The van der Waals surface area contributed by atoms with Crippen molar-refractivity contribution in [1.29, 1.82) is 0 Å². The van der Waals surface area contributed by atoms with Crippen LogP contribution < -0.4 is 10.6 Å². The lowest BCUT2D eigenvalue weighted by molar-refractivity contribution is -0.678. The average molecular weight is 404 g/mol. The van der Waals surface area contributed by atoms with E-state index in [0.29, 0.717) is 4.47 Å². The Morgan fingerprint density at radius 2 is 1.96 bits per heavy atom. The number of benzene rings is 2. The number of nitrogens with one attached hydrogen (secondary N) is 1. The number of quaternary nitrogens is 1. The van der Waals surface area contributed by atoms with Gasteiger partial charge in [0.25, 0.3) is 5.91 Å². The summed E-state index contributed by atoms with van der Waals surface area (Å²) >= 11 is 3.19. The topological polar surface area (TPSA) is 58.9 Å². The molecule has 0 bridgehead atoms. The normalized spacial score (nSPS) is 11.9. The lowest BCUT2D eigenvalue weighted by atomic mass is 10.0. The molecule has 0 spiro atoms. The third-order valence-electron chi connectivity index (χ3n) is 3.75. The minimum absolute atomic E-state index is 0.135. The molecule has 4 nitrogen and oxygen atoms in total. The summed E-state index contributed by atoms with van der Waals surface area (Å²) in [4.78, 5) is 12.2. The van der Waals surface area contributed by atoms with Gasteiger partial charge in [-0.2, -0.15) is 0 Å². The van der Waals surface area contributed by atoms with E-state index in [1.807, 2.05) is 47.8 Å². The second kappa shape index (κ2) is 8.09. The fourth-order valence-electron chi connectivity index (χ4n) is 2.56. The molecule has 0 saturated carbocycles. The van der Waals surface area contributed by atoms with Crippen molar-refractivity contribution >= 4 is 27.5 Å². The van der Waals surface area contributed by atoms with Crippen molar-refractivity contribution in [3.05, 3.63) is 88.5 Å². The Bertz CT molecular complexity index is 838. The van der Waals surface area contributed by atoms with Crippen molar-refractivity contribution in [3.8, 4) is 0 Å². The number of rotatable bonds is 6. The van der Waals surface area contributed by atoms with Gasteiger partial charge in [-0.1, -0.05) is 46.3 Å². The van der Waals surface area contributed by atoms with E-state index in [9.17, 15) is 9.18 Å². The molecule has 0 unspecified atom stereocenters. The molecule has 0 aliphatic carbocycles. The monoisotopic (exact) mass is 403 g/mol. The van der Waals surface area contributed by atoms with Gasteiger partial charge >= 0.3 is 0 Å². The maximum Gasteiger partial charge on any atom is 0.279 e. The first kappa shape index (κ1) is 17.4. The third kappa shape index (κ3) is 4.55. The van der Waals surface area contributed by atoms with Crippen LogP contribution >= 0.6 is 15.9 Å². The highest BCUT2D eigenvalue weighted by atomic mass is 79.9. The summed E-state index contributed by atoms with van der Waals surface area (Å²) in [5.74, 6) is -0.00380. The first-order chi connectivity index (χ1) is 12.1. The van der Waals surface area contributed by atoms with E-state index in [-0.39, 0.29) is 24.2 Å². The lowest BCUT2D eigenvalue weighted by Crippen LogP contribution is -2.87. The predicted octanol–water partition coefficient (Wildman–Crippen LogP) is 3.47. The molecular weight excluding hydrogens is 387 g/mol. The Balaban J connectivity index is 1.68. The second-order valence-electron chi connectivity index (χ2n) is 5.52. The maximum absolute atomic E-state index is 13.8. The molecule has 25 heavy (non-hydrogen) atoms. The van der Waals surface area contributed by atoms with Crippen LogP contribution in [0, 0.1) is 5.82 Å². The maximum atomic E-state index is 13.8. The molecule has 128 valence electrons. The summed E-state index contributed by atoms with van der Waals surface area (Å²) in [6, 6.07) is 17.9. The highest BCUT2D eigenvalue weighted by molar-refractivity contribution is 9.10. The number of hydrogen-bond acceptors (Lipinski definition) is 2. The van der Waals surface area contributed by atoms with Crippen LogP contribution in [0.1, 0.15) is 17.4 Å². The summed E-state index contributed by atoms with van der Waals surface area (Å²) in [5, 5.41) is 4.45. The quantitative estimate of drug-likeness (QED) is 0.661. The van der Waals surface area contributed by atoms with Gasteiger partial charge in [-0.15, -0.1) is 0 Å². The summed E-state index contributed by atoms with van der Waals surface area (Å²) in [5.41, 5.74) is 1.19. The molecule has 2 aromatic carbocycles. The van der Waals surface area contributed by atoms with E-state index < -0.39 is 5.82 Å². The van der Waals surface area contributed by atoms with Crippen LogP contribution in [0.3, 0.4) is 0 Å². The van der Waals surface area contributed by atoms with Crippen molar-refractivity contribution in [2.45, 2.75) is 6.04 Å². The molecule has 0 aliphatic rings. The van der Waals surface area contributed by atoms with E-state index in [1.165, 1.54) is 12.1 Å². The van der Waals surface area contributed by atoms with Crippen LogP contribution in [0.4, 0.5) is 10.1 Å². The van der Waals surface area contributed by atoms with Gasteiger partial charge in [-0.05, 0) is 30.3 Å². The van der Waals surface area contributed by atoms with E-state index in [4.69, 9.17) is 4.42 Å². The molecule has 0 aliphatic heterocycles. The molecular formula is C19H17BrFN2O2+. The highest BCUT2D eigenvalue weighted by Gasteiger charge is 2.21. The van der Waals surface area contributed by atoms with Crippen molar-refractivity contribution in [2.24, 2.45) is 0 Å². The Morgan fingerprint density at radius 3 is 2.64 bits per heavy atom. The molecule has 0 fully saturated rings. The predicted molar refractivity (Wildman–Crippen MR) is 96.5 cm³/mol. The van der Waals surface area contributed by atoms with Crippen molar-refractivity contribution in [2.75, 3.05) is 11.9 Å². The zero-order chi connectivity index (χ0) is 17.6. The van der Waals surface area contributed by atoms with Crippen LogP contribution in [0.25, 0.3) is 0 Å². The van der Waals surface area contributed by atoms with Gasteiger partial charge in [0.2, 0.25) is 0 Å². The minimum atomic E-state index is -0.478.